The van der Waals surface area contributed by atoms with E-state index >= 15 is 0 Å². The minimum absolute atomic E-state index is 0.227. The Morgan fingerprint density at radius 2 is 2.29 bits per heavy atom. The van der Waals surface area contributed by atoms with Crippen molar-refractivity contribution in [3.05, 3.63) is 58.6 Å². The third-order valence-corrected chi connectivity index (χ3v) is 5.19. The lowest BCUT2D eigenvalue weighted by Crippen LogP contribution is -2.48. The van der Waals surface area contributed by atoms with E-state index in [1.54, 1.807) is 18.3 Å². The summed E-state index contributed by atoms with van der Waals surface area (Å²) >= 11 is 5.88. The molecule has 1 fully saturated rings. The maximum Gasteiger partial charge on any atom is 0.270 e. The molecule has 0 unspecified atom stereocenters. The molecule has 3 aromatic rings. The monoisotopic (exact) mass is 400 g/mol. The molecule has 0 aromatic carbocycles. The number of aliphatic hydroxyl groups is 1. The molecule has 0 spiro atoms. The largest absolute Gasteiger partial charge is 0.389 e. The van der Waals surface area contributed by atoms with E-state index in [1.165, 1.54) is 0 Å². The highest BCUT2D eigenvalue weighted by Crippen LogP contribution is 2.23. The molecule has 1 aliphatic rings. The highest BCUT2D eigenvalue weighted by atomic mass is 35.5. The lowest BCUT2D eigenvalue weighted by molar-refractivity contribution is -0.0261. The quantitative estimate of drug-likeness (QED) is 0.654. The van der Waals surface area contributed by atoms with Crippen LogP contribution in [-0.4, -0.2) is 50.9 Å². The molecule has 0 radical (unpaired) electrons. The Bertz CT molecular complexity index is 1000. The Morgan fingerprint density at radius 3 is 3.04 bits per heavy atom. The van der Waals surface area contributed by atoms with Gasteiger partial charge in [0.25, 0.3) is 5.91 Å². The van der Waals surface area contributed by atoms with E-state index in [4.69, 9.17) is 16.3 Å². The number of pyridine rings is 2. The van der Waals surface area contributed by atoms with E-state index in [-0.39, 0.29) is 18.6 Å². The minimum Gasteiger partial charge on any atom is -0.389 e. The van der Waals surface area contributed by atoms with Gasteiger partial charge in [0.05, 0.1) is 29.8 Å². The molecule has 0 saturated carbocycles. The maximum absolute atomic E-state index is 12.8. The first kappa shape index (κ1) is 18.9. The first-order valence-corrected chi connectivity index (χ1v) is 9.51. The summed E-state index contributed by atoms with van der Waals surface area (Å²) in [6, 6.07) is 7.03. The van der Waals surface area contributed by atoms with Crippen LogP contribution in [0.25, 0.3) is 11.0 Å². The van der Waals surface area contributed by atoms with Crippen LogP contribution in [0, 0.1) is 0 Å². The predicted octanol–water partition coefficient (Wildman–Crippen LogP) is 2.09. The van der Waals surface area contributed by atoms with Gasteiger partial charge in [-0.2, -0.15) is 0 Å². The molecule has 7 nitrogen and oxygen atoms in total. The minimum atomic E-state index is -0.710. The number of rotatable bonds is 4. The molecule has 28 heavy (non-hydrogen) atoms. The highest BCUT2D eigenvalue weighted by Gasteiger charge is 2.26. The number of ether oxygens (including phenoxy) is 1. The first-order valence-electron chi connectivity index (χ1n) is 9.13. The van der Waals surface area contributed by atoms with Crippen molar-refractivity contribution >= 4 is 28.5 Å². The lowest BCUT2D eigenvalue weighted by Gasteiger charge is -2.28. The van der Waals surface area contributed by atoms with Gasteiger partial charge in [0.15, 0.2) is 0 Å². The predicted molar refractivity (Wildman–Crippen MR) is 105 cm³/mol. The van der Waals surface area contributed by atoms with Crippen LogP contribution in [0.3, 0.4) is 0 Å². The van der Waals surface area contributed by atoms with E-state index in [0.29, 0.717) is 30.3 Å². The number of nitrogens with one attached hydrogen (secondary N) is 1. The lowest BCUT2D eigenvalue weighted by atomic mass is 10.0. The van der Waals surface area contributed by atoms with Crippen molar-refractivity contribution in [2.45, 2.75) is 25.0 Å². The van der Waals surface area contributed by atoms with Crippen LogP contribution in [0.15, 0.2) is 36.7 Å². The summed E-state index contributed by atoms with van der Waals surface area (Å²) in [5, 5.41) is 13.4. The number of aryl methyl sites for hydroxylation is 1. The van der Waals surface area contributed by atoms with Crippen molar-refractivity contribution in [1.29, 1.82) is 0 Å². The Hall–Kier alpha value is -2.48. The summed E-state index contributed by atoms with van der Waals surface area (Å²) in [5.41, 5.74) is 4.01. The third kappa shape index (κ3) is 3.87. The van der Waals surface area contributed by atoms with Crippen molar-refractivity contribution < 1.29 is 14.6 Å². The van der Waals surface area contributed by atoms with E-state index < -0.39 is 6.10 Å². The van der Waals surface area contributed by atoms with Gasteiger partial charge in [0.2, 0.25) is 0 Å². The number of carbonyl (C=O) groups excluding carboxylic acids is 1. The molecule has 146 valence electrons. The summed E-state index contributed by atoms with van der Waals surface area (Å²) in [6.07, 6.45) is 4.11. The van der Waals surface area contributed by atoms with Gasteiger partial charge in [-0.25, -0.2) is 9.97 Å². The van der Waals surface area contributed by atoms with Crippen molar-refractivity contribution in [3.8, 4) is 0 Å². The van der Waals surface area contributed by atoms with Gasteiger partial charge in [-0.3, -0.25) is 4.79 Å². The fraction of sp³-hybridized carbons (Fsp3) is 0.350. The topological polar surface area (TPSA) is 89.3 Å². The number of nitrogens with zero attached hydrogens (tertiary/aromatic N) is 3. The Labute approximate surface area is 167 Å². The van der Waals surface area contributed by atoms with Gasteiger partial charge in [0, 0.05) is 32.5 Å². The van der Waals surface area contributed by atoms with Gasteiger partial charge in [-0.1, -0.05) is 17.7 Å². The van der Waals surface area contributed by atoms with Crippen LogP contribution >= 0.6 is 11.6 Å². The van der Waals surface area contributed by atoms with Crippen LogP contribution in [0.4, 0.5) is 0 Å². The van der Waals surface area contributed by atoms with Crippen LogP contribution in [0.5, 0.6) is 0 Å². The number of aliphatic hydroxyl groups excluding tert-OH is 1. The highest BCUT2D eigenvalue weighted by molar-refractivity contribution is 6.29. The summed E-state index contributed by atoms with van der Waals surface area (Å²) in [7, 11) is 1.95. The molecule has 4 rings (SSSR count). The summed E-state index contributed by atoms with van der Waals surface area (Å²) in [4.78, 5) is 21.4. The van der Waals surface area contributed by atoms with E-state index in [2.05, 4.69) is 15.3 Å². The molecule has 1 amide bonds. The molecular formula is C20H21ClN4O3. The summed E-state index contributed by atoms with van der Waals surface area (Å²) in [5.74, 6) is -0.299. The number of halogens is 1. The van der Waals surface area contributed by atoms with Crippen molar-refractivity contribution in [2.75, 3.05) is 13.2 Å². The van der Waals surface area contributed by atoms with Crippen LogP contribution in [0.2, 0.25) is 5.15 Å². The average Bonchev–Trinajstić information content (AvgIpc) is 3.06. The molecule has 3 aromatic heterocycles. The Kier molecular flexibility index (Phi) is 5.30. The molecule has 0 bridgehead atoms. The number of amides is 1. The zero-order valence-electron chi connectivity index (χ0n) is 15.4. The van der Waals surface area contributed by atoms with E-state index in [0.717, 1.165) is 22.2 Å². The summed E-state index contributed by atoms with van der Waals surface area (Å²) < 4.78 is 7.21. The maximum atomic E-state index is 12.8. The smallest absolute Gasteiger partial charge is 0.270 e. The number of carbonyl (C=O) groups is 1. The average molecular weight is 401 g/mol. The normalized spacial score (nSPS) is 19.7. The van der Waals surface area contributed by atoms with Crippen molar-refractivity contribution in [2.24, 2.45) is 7.05 Å². The molecule has 2 atom stereocenters. The summed E-state index contributed by atoms with van der Waals surface area (Å²) in [6.45, 7) is 0.743. The number of fused-ring (bicyclic) bond motifs is 1. The fourth-order valence-electron chi connectivity index (χ4n) is 3.51. The molecule has 4 heterocycles. The van der Waals surface area contributed by atoms with Gasteiger partial charge in [-0.15, -0.1) is 0 Å². The van der Waals surface area contributed by atoms with Crippen molar-refractivity contribution in [3.63, 3.8) is 0 Å². The second kappa shape index (κ2) is 7.87. The molecule has 1 aliphatic heterocycles. The first-order chi connectivity index (χ1) is 13.5. The van der Waals surface area contributed by atoms with Gasteiger partial charge in [-0.05, 0) is 35.7 Å². The zero-order chi connectivity index (χ0) is 19.7. The van der Waals surface area contributed by atoms with Crippen LogP contribution in [0.1, 0.15) is 28.0 Å². The van der Waals surface area contributed by atoms with Crippen molar-refractivity contribution in [1.82, 2.24) is 19.9 Å². The SMILES string of the molecule is Cn1ccc2nc(C(=O)N[C@@H]3CCOC[C@H]3O)cc(Cc3ccc(Cl)nc3)c21. The number of aromatic nitrogens is 3. The fourth-order valence-corrected chi connectivity index (χ4v) is 3.62. The van der Waals surface area contributed by atoms with E-state index in [1.807, 2.05) is 29.9 Å². The molecule has 2 N–H and O–H groups in total. The molecular weight excluding hydrogens is 380 g/mol. The zero-order valence-corrected chi connectivity index (χ0v) is 16.2. The number of hydrogen-bond donors (Lipinski definition) is 2. The number of hydrogen-bond acceptors (Lipinski definition) is 5. The molecule has 8 heteroatoms. The Balaban J connectivity index is 1.65. The van der Waals surface area contributed by atoms with Crippen LogP contribution in [-0.2, 0) is 18.2 Å². The van der Waals surface area contributed by atoms with Gasteiger partial charge in [0.1, 0.15) is 10.8 Å². The second-order valence-electron chi connectivity index (χ2n) is 7.00. The second-order valence-corrected chi connectivity index (χ2v) is 7.39. The molecule has 1 saturated heterocycles. The third-order valence-electron chi connectivity index (χ3n) is 4.97. The Morgan fingerprint density at radius 1 is 1.43 bits per heavy atom. The molecule has 0 aliphatic carbocycles. The van der Waals surface area contributed by atoms with Gasteiger partial charge >= 0.3 is 0 Å². The standard InChI is InChI=1S/C20H21ClN4O3/c1-25-6-4-15-19(25)13(8-12-2-3-18(21)22-10-12)9-16(23-15)20(27)24-14-5-7-28-11-17(14)26/h2-4,6,9-10,14,17,26H,5,7-8,11H2,1H3,(H,24,27)/t14-,17-/m1/s1. The van der Waals surface area contributed by atoms with Gasteiger partial charge < -0.3 is 19.7 Å². The van der Waals surface area contributed by atoms with E-state index in [9.17, 15) is 9.90 Å². The van der Waals surface area contributed by atoms with Crippen LogP contribution < -0.4 is 5.32 Å².